The molecule has 1 aromatic heterocycles. The number of fused-ring (bicyclic) bond motifs is 1. The van der Waals surface area contributed by atoms with Gasteiger partial charge in [0.25, 0.3) is 0 Å². The van der Waals surface area contributed by atoms with E-state index in [1.54, 1.807) is 0 Å². The predicted octanol–water partition coefficient (Wildman–Crippen LogP) is 3.18. The number of benzene rings is 1. The van der Waals surface area contributed by atoms with Crippen molar-refractivity contribution in [2.75, 3.05) is 6.61 Å². The Bertz CT molecular complexity index is 543. The molecule has 2 rings (SSSR count). The van der Waals surface area contributed by atoms with Crippen molar-refractivity contribution in [3.8, 4) is 0 Å². The first-order chi connectivity index (χ1) is 9.15. The van der Waals surface area contributed by atoms with E-state index in [1.807, 2.05) is 0 Å². The number of hydrogen-bond donors (Lipinski definition) is 1. The monoisotopic (exact) mass is 260 g/mol. The van der Waals surface area contributed by atoms with Gasteiger partial charge in [-0.25, -0.2) is 4.98 Å². The van der Waals surface area contributed by atoms with Gasteiger partial charge in [-0.2, -0.15) is 0 Å². The zero-order chi connectivity index (χ0) is 13.8. The summed E-state index contributed by atoms with van der Waals surface area (Å²) in [6.45, 7) is 7.83. The summed E-state index contributed by atoms with van der Waals surface area (Å²) < 4.78 is 2.31. The molecule has 0 aliphatic heterocycles. The number of aliphatic hydroxyl groups excluding tert-OH is 1. The van der Waals surface area contributed by atoms with Crippen LogP contribution in [-0.2, 0) is 19.4 Å². The highest BCUT2D eigenvalue weighted by Gasteiger charge is 2.11. The molecule has 0 aliphatic carbocycles. The average molecular weight is 260 g/mol. The van der Waals surface area contributed by atoms with Gasteiger partial charge in [-0.1, -0.05) is 26.8 Å². The maximum atomic E-state index is 9.02. The van der Waals surface area contributed by atoms with Crippen LogP contribution < -0.4 is 0 Å². The molecule has 0 radical (unpaired) electrons. The van der Waals surface area contributed by atoms with Crippen LogP contribution in [0.1, 0.15) is 38.6 Å². The normalized spacial score (nSPS) is 11.6. The van der Waals surface area contributed by atoms with E-state index in [0.717, 1.165) is 37.1 Å². The number of rotatable bonds is 6. The van der Waals surface area contributed by atoms with Crippen molar-refractivity contribution in [3.63, 3.8) is 0 Å². The summed E-state index contributed by atoms with van der Waals surface area (Å²) in [5, 5.41) is 9.02. The highest BCUT2D eigenvalue weighted by Crippen LogP contribution is 2.20. The molecule has 2 aromatic rings. The first-order valence-corrected chi connectivity index (χ1v) is 7.24. The van der Waals surface area contributed by atoms with Gasteiger partial charge in [0, 0.05) is 19.6 Å². The molecule has 1 heterocycles. The molecule has 1 N–H and O–H groups in total. The van der Waals surface area contributed by atoms with Crippen molar-refractivity contribution in [1.29, 1.82) is 0 Å². The fraction of sp³-hybridized carbons (Fsp3) is 0.562. The maximum Gasteiger partial charge on any atom is 0.109 e. The summed E-state index contributed by atoms with van der Waals surface area (Å²) in [4.78, 5) is 4.76. The second kappa shape index (κ2) is 6.20. The number of nitrogens with zero attached hydrogens (tertiary/aromatic N) is 2. The van der Waals surface area contributed by atoms with Crippen molar-refractivity contribution < 1.29 is 5.11 Å². The maximum absolute atomic E-state index is 9.02. The molecule has 0 saturated heterocycles. The van der Waals surface area contributed by atoms with E-state index in [-0.39, 0.29) is 6.61 Å². The zero-order valence-corrected chi connectivity index (χ0v) is 12.2. The molecule has 1 aromatic carbocycles. The Morgan fingerprint density at radius 2 is 2.11 bits per heavy atom. The lowest BCUT2D eigenvalue weighted by molar-refractivity contribution is 0.286. The van der Waals surface area contributed by atoms with Gasteiger partial charge in [0.05, 0.1) is 11.0 Å². The van der Waals surface area contributed by atoms with E-state index in [4.69, 9.17) is 10.1 Å². The number of aliphatic hydroxyl groups is 1. The van der Waals surface area contributed by atoms with Crippen LogP contribution in [0.3, 0.4) is 0 Å². The van der Waals surface area contributed by atoms with Crippen LogP contribution in [0, 0.1) is 5.92 Å². The molecular weight excluding hydrogens is 236 g/mol. The third-order valence-corrected chi connectivity index (χ3v) is 3.41. The van der Waals surface area contributed by atoms with Crippen molar-refractivity contribution >= 4 is 11.0 Å². The molecule has 0 saturated carbocycles. The molecule has 0 fully saturated rings. The van der Waals surface area contributed by atoms with Gasteiger partial charge in [-0.15, -0.1) is 0 Å². The van der Waals surface area contributed by atoms with Gasteiger partial charge >= 0.3 is 0 Å². The molecule has 19 heavy (non-hydrogen) atoms. The van der Waals surface area contributed by atoms with E-state index in [1.165, 1.54) is 11.1 Å². The van der Waals surface area contributed by atoms with Crippen molar-refractivity contribution in [2.45, 2.75) is 46.6 Å². The number of aryl methyl sites for hydroxylation is 2. The highest BCUT2D eigenvalue weighted by atomic mass is 16.2. The summed E-state index contributed by atoms with van der Waals surface area (Å²) in [5.41, 5.74) is 3.64. The van der Waals surface area contributed by atoms with Crippen LogP contribution in [0.2, 0.25) is 0 Å². The molecule has 104 valence electrons. The van der Waals surface area contributed by atoms with Crippen LogP contribution in [0.25, 0.3) is 11.0 Å². The minimum Gasteiger partial charge on any atom is -0.396 e. The third kappa shape index (κ3) is 3.16. The Kier molecular flexibility index (Phi) is 4.59. The second-order valence-electron chi connectivity index (χ2n) is 5.54. The van der Waals surface area contributed by atoms with Gasteiger partial charge in [-0.05, 0) is 36.5 Å². The van der Waals surface area contributed by atoms with Crippen LogP contribution >= 0.6 is 0 Å². The fourth-order valence-electron chi connectivity index (χ4n) is 2.44. The largest absolute Gasteiger partial charge is 0.396 e. The first-order valence-electron chi connectivity index (χ1n) is 7.24. The third-order valence-electron chi connectivity index (χ3n) is 3.41. The summed E-state index contributed by atoms with van der Waals surface area (Å²) in [6.07, 6.45) is 2.67. The van der Waals surface area contributed by atoms with Crippen molar-refractivity contribution in [1.82, 2.24) is 9.55 Å². The van der Waals surface area contributed by atoms with Crippen LogP contribution in [0.15, 0.2) is 18.2 Å². The van der Waals surface area contributed by atoms with Crippen molar-refractivity contribution in [3.05, 3.63) is 29.6 Å². The fourth-order valence-corrected chi connectivity index (χ4v) is 2.44. The number of aromatic nitrogens is 2. The van der Waals surface area contributed by atoms with E-state index in [2.05, 4.69) is 43.5 Å². The van der Waals surface area contributed by atoms with Gasteiger partial charge < -0.3 is 9.67 Å². The summed E-state index contributed by atoms with van der Waals surface area (Å²) in [7, 11) is 0. The Morgan fingerprint density at radius 3 is 2.74 bits per heavy atom. The Morgan fingerprint density at radius 1 is 1.32 bits per heavy atom. The minimum absolute atomic E-state index is 0.227. The average Bonchev–Trinajstić information content (AvgIpc) is 2.73. The Balaban J connectivity index is 2.45. The summed E-state index contributed by atoms with van der Waals surface area (Å²) in [6, 6.07) is 6.57. The lowest BCUT2D eigenvalue weighted by Gasteiger charge is -2.11. The topological polar surface area (TPSA) is 38.1 Å². The standard InChI is InChI=1S/C16H24N2O/c1-4-13-7-8-15-14(10-13)17-16(6-5-9-19)18(15)11-12(2)3/h7-8,10,12,19H,4-6,9,11H2,1-3H3. The second-order valence-corrected chi connectivity index (χ2v) is 5.54. The molecule has 3 heteroatoms. The van der Waals surface area contributed by atoms with E-state index in [9.17, 15) is 0 Å². The molecule has 0 atom stereocenters. The quantitative estimate of drug-likeness (QED) is 0.866. The van der Waals surface area contributed by atoms with E-state index < -0.39 is 0 Å². The smallest absolute Gasteiger partial charge is 0.109 e. The van der Waals surface area contributed by atoms with Crippen molar-refractivity contribution in [2.24, 2.45) is 5.92 Å². The lowest BCUT2D eigenvalue weighted by atomic mass is 10.1. The SMILES string of the molecule is CCc1ccc2c(c1)nc(CCCO)n2CC(C)C. The number of imidazole rings is 1. The summed E-state index contributed by atoms with van der Waals surface area (Å²) >= 11 is 0. The molecule has 3 nitrogen and oxygen atoms in total. The molecule has 0 unspecified atom stereocenters. The lowest BCUT2D eigenvalue weighted by Crippen LogP contribution is -2.09. The van der Waals surface area contributed by atoms with Crippen LogP contribution in [0.4, 0.5) is 0 Å². The minimum atomic E-state index is 0.227. The van der Waals surface area contributed by atoms with Gasteiger partial charge in [0.15, 0.2) is 0 Å². The molecular formula is C16H24N2O. The van der Waals surface area contributed by atoms with E-state index >= 15 is 0 Å². The first kappa shape index (κ1) is 14.1. The molecule has 0 bridgehead atoms. The number of hydrogen-bond acceptors (Lipinski definition) is 2. The molecule has 0 spiro atoms. The molecule has 0 aliphatic rings. The zero-order valence-electron chi connectivity index (χ0n) is 12.2. The molecule has 0 amide bonds. The Labute approximate surface area is 115 Å². The van der Waals surface area contributed by atoms with E-state index in [0.29, 0.717) is 5.92 Å². The van der Waals surface area contributed by atoms with Crippen LogP contribution in [0.5, 0.6) is 0 Å². The van der Waals surface area contributed by atoms with Gasteiger partial charge in [0.1, 0.15) is 5.82 Å². The van der Waals surface area contributed by atoms with Crippen LogP contribution in [-0.4, -0.2) is 21.3 Å². The van der Waals surface area contributed by atoms with Gasteiger partial charge in [-0.3, -0.25) is 0 Å². The highest BCUT2D eigenvalue weighted by molar-refractivity contribution is 5.77. The predicted molar refractivity (Wildman–Crippen MR) is 79.4 cm³/mol. The summed E-state index contributed by atoms with van der Waals surface area (Å²) in [5.74, 6) is 1.70. The Hall–Kier alpha value is -1.35. The van der Waals surface area contributed by atoms with Gasteiger partial charge in [0.2, 0.25) is 0 Å².